The average molecular weight is 463 g/mol. The van der Waals surface area contributed by atoms with E-state index in [1.165, 1.54) is 0 Å². The zero-order valence-electron chi connectivity index (χ0n) is 19.0. The Labute approximate surface area is 196 Å². The van der Waals surface area contributed by atoms with Crippen molar-refractivity contribution in [3.05, 3.63) is 71.5 Å². The van der Waals surface area contributed by atoms with Gasteiger partial charge in [-0.2, -0.15) is 0 Å². The number of rotatable bonds is 6. The van der Waals surface area contributed by atoms with Crippen LogP contribution in [0.4, 0.5) is 0 Å². The predicted molar refractivity (Wildman–Crippen MR) is 122 cm³/mol. The number of benzene rings is 2. The summed E-state index contributed by atoms with van der Waals surface area (Å²) >= 11 is 0. The van der Waals surface area contributed by atoms with Crippen LogP contribution in [-0.2, 0) is 16.1 Å². The molecule has 2 aliphatic rings. The van der Waals surface area contributed by atoms with Gasteiger partial charge in [0.05, 0.1) is 6.54 Å². The van der Waals surface area contributed by atoms with E-state index in [0.717, 1.165) is 17.1 Å². The van der Waals surface area contributed by atoms with Gasteiger partial charge >= 0.3 is 5.97 Å². The van der Waals surface area contributed by atoms with E-state index < -0.39 is 12.1 Å². The molecule has 1 aromatic heterocycles. The van der Waals surface area contributed by atoms with E-state index in [1.54, 1.807) is 24.3 Å². The van der Waals surface area contributed by atoms with Crippen LogP contribution >= 0.6 is 0 Å². The van der Waals surface area contributed by atoms with Crippen LogP contribution in [0, 0.1) is 13.8 Å². The number of ether oxygens (including phenoxy) is 5. The van der Waals surface area contributed by atoms with Gasteiger partial charge in [0, 0.05) is 17.0 Å². The maximum absolute atomic E-state index is 12.9. The summed E-state index contributed by atoms with van der Waals surface area (Å²) in [6, 6.07) is 16.4. The van der Waals surface area contributed by atoms with E-state index >= 15 is 0 Å². The third kappa shape index (κ3) is 4.31. The van der Waals surface area contributed by atoms with Crippen LogP contribution in [0.15, 0.2) is 54.6 Å². The number of carbonyl (C=O) groups excluding carboxylic acids is 2. The molecule has 0 radical (unpaired) electrons. The van der Waals surface area contributed by atoms with Gasteiger partial charge in [-0.1, -0.05) is 24.3 Å². The van der Waals surface area contributed by atoms with Crippen molar-refractivity contribution in [2.24, 2.45) is 0 Å². The van der Waals surface area contributed by atoms with Gasteiger partial charge in [-0.25, -0.2) is 4.79 Å². The second-order valence-corrected chi connectivity index (χ2v) is 8.29. The monoisotopic (exact) mass is 463 g/mol. The van der Waals surface area contributed by atoms with Crippen molar-refractivity contribution in [1.82, 2.24) is 4.57 Å². The molecule has 3 heterocycles. The Morgan fingerprint density at radius 2 is 1.53 bits per heavy atom. The number of para-hydroxylation sites is 4. The normalized spacial score (nSPS) is 18.3. The summed E-state index contributed by atoms with van der Waals surface area (Å²) in [6.07, 6.45) is -1.10. The summed E-state index contributed by atoms with van der Waals surface area (Å²) in [5.74, 6) is 1.57. The van der Waals surface area contributed by atoms with Crippen LogP contribution in [0.2, 0.25) is 0 Å². The lowest BCUT2D eigenvalue weighted by molar-refractivity contribution is -0.153. The molecule has 3 aromatic rings. The first-order valence-corrected chi connectivity index (χ1v) is 11.1. The van der Waals surface area contributed by atoms with E-state index in [0.29, 0.717) is 36.0 Å². The molecule has 0 N–H and O–H groups in total. The smallest absolute Gasteiger partial charge is 0.351 e. The Morgan fingerprint density at radius 1 is 0.912 bits per heavy atom. The summed E-state index contributed by atoms with van der Waals surface area (Å²) in [5, 5.41) is 0. The van der Waals surface area contributed by atoms with E-state index in [4.69, 9.17) is 23.7 Å². The van der Waals surface area contributed by atoms with E-state index in [1.807, 2.05) is 48.7 Å². The molecule has 0 unspecified atom stereocenters. The van der Waals surface area contributed by atoms with Crippen LogP contribution in [-0.4, -0.2) is 48.3 Å². The van der Waals surface area contributed by atoms with Crippen LogP contribution in [0.3, 0.4) is 0 Å². The Kier molecular flexibility index (Phi) is 5.88. The van der Waals surface area contributed by atoms with Crippen LogP contribution in [0.1, 0.15) is 21.7 Å². The second kappa shape index (κ2) is 9.13. The predicted octanol–water partition coefficient (Wildman–Crippen LogP) is 3.51. The Morgan fingerprint density at radius 3 is 2.24 bits per heavy atom. The summed E-state index contributed by atoms with van der Waals surface area (Å²) in [6.45, 7) is 4.41. The number of nitrogens with zero attached hydrogens (tertiary/aromatic N) is 1. The number of Topliss-reactive ketones (excluding diaryl/α,β-unsaturated/α-hetero) is 1. The number of aryl methyl sites for hydroxylation is 1. The molecule has 0 amide bonds. The fourth-order valence-corrected chi connectivity index (χ4v) is 4.16. The van der Waals surface area contributed by atoms with E-state index in [2.05, 4.69) is 0 Å². The maximum Gasteiger partial charge on any atom is 0.351 e. The highest BCUT2D eigenvalue weighted by Crippen LogP contribution is 2.32. The van der Waals surface area contributed by atoms with Crippen molar-refractivity contribution in [2.75, 3.05) is 19.8 Å². The van der Waals surface area contributed by atoms with Crippen molar-refractivity contribution in [3.8, 4) is 23.0 Å². The maximum atomic E-state index is 12.9. The molecule has 8 heteroatoms. The molecule has 2 aliphatic heterocycles. The first-order chi connectivity index (χ1) is 16.5. The van der Waals surface area contributed by atoms with Gasteiger partial charge in [0.15, 0.2) is 35.7 Å². The SMILES string of the molecule is Cc1cc(C(=O)COC(=O)[C@H]2COc3ccccc3O2)c(C)n1C[C@H]1COc2ccccc2O1. The Balaban J connectivity index is 1.20. The molecule has 0 aliphatic carbocycles. The molecule has 2 aromatic carbocycles. The Hall–Kier alpha value is -3.94. The molecule has 34 heavy (non-hydrogen) atoms. The summed E-state index contributed by atoms with van der Waals surface area (Å²) in [5.41, 5.74) is 2.20. The lowest BCUT2D eigenvalue weighted by Gasteiger charge is -2.27. The molecule has 8 nitrogen and oxygen atoms in total. The van der Waals surface area contributed by atoms with Gasteiger partial charge in [-0.3, -0.25) is 4.79 Å². The highest BCUT2D eigenvalue weighted by molar-refractivity contribution is 5.99. The number of aromatic nitrogens is 1. The molecule has 0 fully saturated rings. The lowest BCUT2D eigenvalue weighted by Crippen LogP contribution is -2.38. The van der Waals surface area contributed by atoms with Gasteiger partial charge in [0.2, 0.25) is 11.9 Å². The molecule has 5 rings (SSSR count). The third-order valence-electron chi connectivity index (χ3n) is 5.94. The largest absolute Gasteiger partial charge is 0.486 e. The van der Waals surface area contributed by atoms with E-state index in [9.17, 15) is 9.59 Å². The number of esters is 1. The van der Waals surface area contributed by atoms with Gasteiger partial charge in [0.1, 0.15) is 13.2 Å². The minimum atomic E-state index is -0.915. The number of fused-ring (bicyclic) bond motifs is 2. The minimum absolute atomic E-state index is 0.0329. The van der Waals surface area contributed by atoms with Gasteiger partial charge in [0.25, 0.3) is 0 Å². The first kappa shape index (κ1) is 21.9. The molecule has 0 saturated heterocycles. The molecule has 0 saturated carbocycles. The number of hydrogen-bond acceptors (Lipinski definition) is 7. The van der Waals surface area contributed by atoms with Crippen molar-refractivity contribution >= 4 is 11.8 Å². The lowest BCUT2D eigenvalue weighted by atomic mass is 10.1. The second-order valence-electron chi connectivity index (χ2n) is 8.29. The average Bonchev–Trinajstić information content (AvgIpc) is 3.15. The fraction of sp³-hybridized carbons (Fsp3) is 0.308. The van der Waals surface area contributed by atoms with Crippen LogP contribution < -0.4 is 18.9 Å². The molecular weight excluding hydrogens is 438 g/mol. The summed E-state index contributed by atoms with van der Waals surface area (Å²) in [4.78, 5) is 25.3. The summed E-state index contributed by atoms with van der Waals surface area (Å²) in [7, 11) is 0. The van der Waals surface area contributed by atoms with Gasteiger partial charge < -0.3 is 28.3 Å². The van der Waals surface area contributed by atoms with Crippen LogP contribution in [0.25, 0.3) is 0 Å². The topological polar surface area (TPSA) is 85.2 Å². The van der Waals surface area contributed by atoms with E-state index in [-0.39, 0.29) is 25.1 Å². The van der Waals surface area contributed by atoms with Crippen molar-refractivity contribution in [3.63, 3.8) is 0 Å². The minimum Gasteiger partial charge on any atom is -0.486 e. The first-order valence-electron chi connectivity index (χ1n) is 11.1. The van der Waals surface area contributed by atoms with Crippen LogP contribution in [0.5, 0.6) is 23.0 Å². The third-order valence-corrected chi connectivity index (χ3v) is 5.94. The van der Waals surface area contributed by atoms with Gasteiger partial charge in [-0.05, 0) is 44.2 Å². The molecular formula is C26H25NO7. The quantitative estimate of drug-likeness (QED) is 0.409. The zero-order valence-corrected chi connectivity index (χ0v) is 19.0. The van der Waals surface area contributed by atoms with Crippen molar-refractivity contribution in [1.29, 1.82) is 0 Å². The highest BCUT2D eigenvalue weighted by Gasteiger charge is 2.30. The van der Waals surface area contributed by atoms with Crippen molar-refractivity contribution < 1.29 is 33.3 Å². The molecule has 0 bridgehead atoms. The van der Waals surface area contributed by atoms with Gasteiger partial charge in [-0.15, -0.1) is 0 Å². The summed E-state index contributed by atoms with van der Waals surface area (Å²) < 4.78 is 30.3. The molecule has 0 spiro atoms. The standard InChI is InChI=1S/C26H25NO7/c1-16-11-19(17(2)27(16)12-18-13-30-21-7-3-5-9-23(21)33-18)20(28)14-32-26(29)25-15-31-22-8-4-6-10-24(22)34-25/h3-11,18,25H,12-15H2,1-2H3/t18-,25+/m0/s1. The highest BCUT2D eigenvalue weighted by atomic mass is 16.6. The number of ketones is 1. The van der Waals surface area contributed by atoms with Crippen molar-refractivity contribution in [2.45, 2.75) is 32.6 Å². The number of carbonyl (C=O) groups is 2. The zero-order chi connectivity index (χ0) is 23.7. The fourth-order valence-electron chi connectivity index (χ4n) is 4.16. The molecule has 176 valence electrons. The Bertz CT molecular complexity index is 1230. The molecule has 2 atom stereocenters. The number of hydrogen-bond donors (Lipinski definition) is 0.